The number of carbonyl (C=O) groups is 2. The van der Waals surface area contributed by atoms with Gasteiger partial charge in [-0.05, 0) is 83.5 Å². The fourth-order valence-corrected chi connectivity index (χ4v) is 10.8. The molecule has 0 fully saturated rings. The fraction of sp³-hybridized carbons (Fsp3) is 0.887. The van der Waals surface area contributed by atoms with Crippen molar-refractivity contribution in [1.29, 1.82) is 0 Å². The number of ether oxygens (including phenoxy) is 1. The number of hydrogen-bond donors (Lipinski definition) is 3. The zero-order chi connectivity index (χ0) is 55.7. The number of unbranched alkanes of at least 4 members (excludes halogenated alkanes) is 50. The zero-order valence-electron chi connectivity index (χ0n) is 52.0. The van der Waals surface area contributed by atoms with Crippen LogP contribution in [0, 0.1) is 0 Å². The van der Waals surface area contributed by atoms with E-state index in [1.807, 2.05) is 6.08 Å². The van der Waals surface area contributed by atoms with Crippen molar-refractivity contribution in [2.24, 2.45) is 0 Å². The Hall–Kier alpha value is -1.92. The van der Waals surface area contributed by atoms with Gasteiger partial charge in [-0.3, -0.25) is 9.59 Å². The summed E-state index contributed by atoms with van der Waals surface area (Å²) in [6.07, 6.45) is 85.0. The number of esters is 1. The van der Waals surface area contributed by atoms with Gasteiger partial charge in [0.25, 0.3) is 0 Å². The van der Waals surface area contributed by atoms with Gasteiger partial charge in [0.05, 0.1) is 25.4 Å². The summed E-state index contributed by atoms with van der Waals surface area (Å²) in [5.41, 5.74) is 0. The van der Waals surface area contributed by atoms with Crippen molar-refractivity contribution >= 4 is 11.9 Å². The molecule has 0 aromatic heterocycles. The van der Waals surface area contributed by atoms with Crippen molar-refractivity contribution in [3.05, 3.63) is 36.5 Å². The molecule has 0 bridgehead atoms. The first-order valence-corrected chi connectivity index (χ1v) is 34.8. The monoisotopic (exact) mass is 1080 g/mol. The minimum atomic E-state index is -0.846. The molecule has 0 spiro atoms. The van der Waals surface area contributed by atoms with E-state index in [4.69, 9.17) is 4.74 Å². The Labute approximate surface area is 481 Å². The standard InChI is InChI=1S/C71H135NO5/c1-3-5-7-9-11-13-15-17-18-19-20-30-33-36-40-43-47-51-55-59-63-69(74)68(67-73)72-70(75)64-60-56-52-48-44-41-37-34-31-28-26-24-22-21-23-25-27-29-32-35-38-42-46-50-54-58-62-66-77-71(76)65-61-57-53-49-45-39-16-14-12-10-8-6-4-2/h14,16,21-22,59,63,68-69,73-74H,3-13,15,17-20,23-58,60-62,64-67H2,1-2H3,(H,72,75)/b16-14-,22-21-,63-59+. The predicted octanol–water partition coefficient (Wildman–Crippen LogP) is 22.3. The van der Waals surface area contributed by atoms with Crippen molar-refractivity contribution in [2.75, 3.05) is 13.2 Å². The van der Waals surface area contributed by atoms with Crippen LogP contribution < -0.4 is 5.32 Å². The summed E-state index contributed by atoms with van der Waals surface area (Å²) in [5, 5.41) is 23.2. The molecule has 0 aliphatic rings. The van der Waals surface area contributed by atoms with Gasteiger partial charge in [-0.2, -0.15) is 0 Å². The molecule has 0 aromatic rings. The molecule has 0 saturated carbocycles. The van der Waals surface area contributed by atoms with Crippen LogP contribution in [0.1, 0.15) is 380 Å². The number of aliphatic hydroxyl groups excluding tert-OH is 2. The molecular formula is C71H135NO5. The second-order valence-electron chi connectivity index (χ2n) is 23.9. The van der Waals surface area contributed by atoms with E-state index in [1.165, 1.54) is 308 Å². The average molecular weight is 1080 g/mol. The molecule has 1 amide bonds. The molecule has 0 rings (SSSR count). The van der Waals surface area contributed by atoms with Crippen molar-refractivity contribution in [1.82, 2.24) is 5.32 Å². The summed E-state index contributed by atoms with van der Waals surface area (Å²) in [5.74, 6) is -0.0598. The third-order valence-electron chi connectivity index (χ3n) is 16.1. The lowest BCUT2D eigenvalue weighted by molar-refractivity contribution is -0.143. The summed E-state index contributed by atoms with van der Waals surface area (Å²) in [7, 11) is 0. The Morgan fingerprint density at radius 3 is 0.935 bits per heavy atom. The second kappa shape index (κ2) is 66.6. The van der Waals surface area contributed by atoms with E-state index in [0.717, 1.165) is 44.9 Å². The first kappa shape index (κ1) is 75.1. The fourth-order valence-electron chi connectivity index (χ4n) is 10.8. The zero-order valence-corrected chi connectivity index (χ0v) is 52.0. The lowest BCUT2D eigenvalue weighted by Gasteiger charge is -2.20. The Bertz CT molecular complexity index is 1250. The number of hydrogen-bond acceptors (Lipinski definition) is 5. The van der Waals surface area contributed by atoms with Crippen molar-refractivity contribution < 1.29 is 24.5 Å². The van der Waals surface area contributed by atoms with Crippen LogP contribution in [0.4, 0.5) is 0 Å². The highest BCUT2D eigenvalue weighted by Crippen LogP contribution is 2.18. The quantitative estimate of drug-likeness (QED) is 0.0320. The molecular weight excluding hydrogens is 947 g/mol. The SMILES string of the molecule is CCCCCC/C=C\CCCCCCCC(=O)OCCCCCCCCCCCCCC/C=C\CCCCCCCCCCCCCC(=O)NC(CO)C(O)/C=C/CCCCCCCCCCCCCCCCCCCC. The van der Waals surface area contributed by atoms with E-state index in [-0.39, 0.29) is 18.5 Å². The highest BCUT2D eigenvalue weighted by molar-refractivity contribution is 5.76. The third-order valence-corrected chi connectivity index (χ3v) is 16.1. The number of amides is 1. The molecule has 0 saturated heterocycles. The summed E-state index contributed by atoms with van der Waals surface area (Å²) >= 11 is 0. The van der Waals surface area contributed by atoms with Crippen LogP contribution in [0.5, 0.6) is 0 Å². The smallest absolute Gasteiger partial charge is 0.305 e. The van der Waals surface area contributed by atoms with E-state index in [9.17, 15) is 19.8 Å². The molecule has 0 heterocycles. The molecule has 6 nitrogen and oxygen atoms in total. The molecule has 0 aliphatic heterocycles. The molecule has 0 aliphatic carbocycles. The Morgan fingerprint density at radius 1 is 0.351 bits per heavy atom. The molecule has 3 N–H and O–H groups in total. The van der Waals surface area contributed by atoms with Gasteiger partial charge < -0.3 is 20.3 Å². The summed E-state index contributed by atoms with van der Waals surface area (Å²) in [6.45, 7) is 4.92. The number of carbonyl (C=O) groups excluding carboxylic acids is 2. The molecule has 2 unspecified atom stereocenters. The minimum Gasteiger partial charge on any atom is -0.466 e. The van der Waals surface area contributed by atoms with Crippen molar-refractivity contribution in [3.8, 4) is 0 Å². The van der Waals surface area contributed by atoms with Gasteiger partial charge in [0.15, 0.2) is 0 Å². The van der Waals surface area contributed by atoms with Gasteiger partial charge in [0.1, 0.15) is 0 Å². The van der Waals surface area contributed by atoms with Crippen LogP contribution in [0.2, 0.25) is 0 Å². The lowest BCUT2D eigenvalue weighted by Crippen LogP contribution is -2.45. The van der Waals surface area contributed by atoms with Gasteiger partial charge in [-0.1, -0.05) is 320 Å². The van der Waals surface area contributed by atoms with Gasteiger partial charge in [0, 0.05) is 12.8 Å². The largest absolute Gasteiger partial charge is 0.466 e. The van der Waals surface area contributed by atoms with E-state index in [2.05, 4.69) is 43.5 Å². The maximum atomic E-state index is 12.5. The number of rotatable bonds is 65. The average Bonchev–Trinajstić information content (AvgIpc) is 3.43. The summed E-state index contributed by atoms with van der Waals surface area (Å²) in [6, 6.07) is -0.630. The first-order valence-electron chi connectivity index (χ1n) is 34.8. The van der Waals surface area contributed by atoms with E-state index in [0.29, 0.717) is 19.4 Å². The van der Waals surface area contributed by atoms with Crippen LogP contribution in [-0.4, -0.2) is 47.4 Å². The van der Waals surface area contributed by atoms with Gasteiger partial charge in [-0.15, -0.1) is 0 Å². The molecule has 0 aromatic carbocycles. The van der Waals surface area contributed by atoms with Crippen LogP contribution in [-0.2, 0) is 14.3 Å². The van der Waals surface area contributed by atoms with Crippen molar-refractivity contribution in [2.45, 2.75) is 392 Å². The van der Waals surface area contributed by atoms with Crippen LogP contribution >= 0.6 is 0 Å². The highest BCUT2D eigenvalue weighted by atomic mass is 16.5. The maximum absolute atomic E-state index is 12.5. The second-order valence-corrected chi connectivity index (χ2v) is 23.9. The van der Waals surface area contributed by atoms with Crippen LogP contribution in [0.3, 0.4) is 0 Å². The van der Waals surface area contributed by atoms with Gasteiger partial charge in [0.2, 0.25) is 5.91 Å². The molecule has 0 radical (unpaired) electrons. The third kappa shape index (κ3) is 63.1. The van der Waals surface area contributed by atoms with E-state index in [1.54, 1.807) is 6.08 Å². The highest BCUT2D eigenvalue weighted by Gasteiger charge is 2.18. The Kier molecular flexibility index (Phi) is 64.9. The minimum absolute atomic E-state index is 0.00576. The van der Waals surface area contributed by atoms with Crippen LogP contribution in [0.15, 0.2) is 36.5 Å². The van der Waals surface area contributed by atoms with Gasteiger partial charge >= 0.3 is 5.97 Å². The van der Waals surface area contributed by atoms with Crippen molar-refractivity contribution in [3.63, 3.8) is 0 Å². The molecule has 77 heavy (non-hydrogen) atoms. The Balaban J connectivity index is 3.42. The summed E-state index contributed by atoms with van der Waals surface area (Å²) < 4.78 is 5.48. The van der Waals surface area contributed by atoms with Crippen LogP contribution in [0.25, 0.3) is 0 Å². The van der Waals surface area contributed by atoms with E-state index >= 15 is 0 Å². The number of allylic oxidation sites excluding steroid dienone is 5. The normalized spacial score (nSPS) is 12.7. The molecule has 454 valence electrons. The summed E-state index contributed by atoms with van der Waals surface area (Å²) in [4.78, 5) is 24.6. The topological polar surface area (TPSA) is 95.9 Å². The first-order chi connectivity index (χ1) is 38.0. The van der Waals surface area contributed by atoms with Gasteiger partial charge in [-0.25, -0.2) is 0 Å². The predicted molar refractivity (Wildman–Crippen MR) is 338 cm³/mol. The lowest BCUT2D eigenvalue weighted by atomic mass is 10.0. The Morgan fingerprint density at radius 2 is 0.610 bits per heavy atom. The van der Waals surface area contributed by atoms with E-state index < -0.39 is 12.1 Å². The molecule has 6 heteroatoms. The number of nitrogens with one attached hydrogen (secondary N) is 1. The number of aliphatic hydroxyl groups is 2. The maximum Gasteiger partial charge on any atom is 0.305 e. The molecule has 2 atom stereocenters.